The molecule has 6 nitrogen and oxygen atoms in total. The molecule has 2 rings (SSSR count). The molecule has 0 unspecified atom stereocenters. The highest BCUT2D eigenvalue weighted by Gasteiger charge is 2.08. The highest BCUT2D eigenvalue weighted by atomic mass is 35.5. The number of halogens is 1. The van der Waals surface area contributed by atoms with Gasteiger partial charge < -0.3 is 10.3 Å². The quantitative estimate of drug-likeness (QED) is 0.735. The minimum absolute atomic E-state index is 0.208. The van der Waals surface area contributed by atoms with Crippen LogP contribution in [-0.4, -0.2) is 26.3 Å². The van der Waals surface area contributed by atoms with Crippen molar-refractivity contribution in [3.8, 4) is 0 Å². The molecule has 2 aromatic heterocycles. The van der Waals surface area contributed by atoms with Gasteiger partial charge in [0.1, 0.15) is 10.8 Å². The number of hydrogen-bond donors (Lipinski definition) is 2. The average Bonchev–Trinajstić information content (AvgIpc) is 3.00. The lowest BCUT2D eigenvalue weighted by Gasteiger charge is -2.09. The topological polar surface area (TPSA) is 75.6 Å². The van der Waals surface area contributed by atoms with Gasteiger partial charge in [-0.1, -0.05) is 24.9 Å². The van der Waals surface area contributed by atoms with E-state index in [4.69, 9.17) is 11.6 Å². The molecular formula is C14H20ClN5O. The Kier molecular flexibility index (Phi) is 5.80. The Balaban J connectivity index is 1.88. The molecule has 2 N–H and O–H groups in total. The minimum atomic E-state index is -0.235. The molecule has 0 aliphatic rings. The van der Waals surface area contributed by atoms with Crippen LogP contribution in [0.15, 0.2) is 23.4 Å². The molecule has 0 atom stereocenters. The lowest BCUT2D eigenvalue weighted by atomic mass is 10.3. The largest absolute Gasteiger partial charge is 0.382 e. The molecule has 0 aliphatic carbocycles. The van der Waals surface area contributed by atoms with Crippen molar-refractivity contribution < 1.29 is 0 Å². The molecule has 0 radical (unpaired) electrons. The Labute approximate surface area is 128 Å². The molecule has 0 bridgehead atoms. The lowest BCUT2D eigenvalue weighted by Crippen LogP contribution is -2.24. The van der Waals surface area contributed by atoms with E-state index in [9.17, 15) is 4.79 Å². The first-order valence-corrected chi connectivity index (χ1v) is 7.58. The van der Waals surface area contributed by atoms with E-state index >= 15 is 0 Å². The normalized spacial score (nSPS) is 10.8. The van der Waals surface area contributed by atoms with Crippen molar-refractivity contribution in [1.29, 1.82) is 0 Å². The Morgan fingerprint density at radius 2 is 2.29 bits per heavy atom. The number of hydrogen-bond acceptors (Lipinski definition) is 4. The van der Waals surface area contributed by atoms with Crippen molar-refractivity contribution in [2.24, 2.45) is 0 Å². The van der Waals surface area contributed by atoms with Crippen LogP contribution >= 0.6 is 11.6 Å². The summed E-state index contributed by atoms with van der Waals surface area (Å²) in [5.74, 6) is 0.955. The summed E-state index contributed by atoms with van der Waals surface area (Å²) in [7, 11) is 0. The van der Waals surface area contributed by atoms with Crippen LogP contribution in [0, 0.1) is 0 Å². The van der Waals surface area contributed by atoms with Crippen LogP contribution < -0.4 is 10.9 Å². The highest BCUT2D eigenvalue weighted by Crippen LogP contribution is 2.15. The SMILES string of the molecule is CCCCn1ncc(NCCCc2ncc[nH]2)c(Cl)c1=O. The monoisotopic (exact) mass is 309 g/mol. The summed E-state index contributed by atoms with van der Waals surface area (Å²) in [6, 6.07) is 0. The van der Waals surface area contributed by atoms with Gasteiger partial charge in [-0.25, -0.2) is 9.67 Å². The van der Waals surface area contributed by atoms with Crippen LogP contribution in [0.1, 0.15) is 32.0 Å². The van der Waals surface area contributed by atoms with E-state index in [0.29, 0.717) is 18.8 Å². The van der Waals surface area contributed by atoms with Gasteiger partial charge in [-0.05, 0) is 12.8 Å². The molecule has 0 saturated carbocycles. The van der Waals surface area contributed by atoms with E-state index in [-0.39, 0.29) is 10.6 Å². The molecule has 0 spiro atoms. The summed E-state index contributed by atoms with van der Waals surface area (Å²) < 4.78 is 1.42. The zero-order chi connectivity index (χ0) is 15.1. The molecule has 114 valence electrons. The van der Waals surface area contributed by atoms with E-state index in [1.54, 1.807) is 18.6 Å². The molecule has 7 heteroatoms. The second-order valence-corrected chi connectivity index (χ2v) is 5.20. The zero-order valence-electron chi connectivity index (χ0n) is 12.1. The summed E-state index contributed by atoms with van der Waals surface area (Å²) in [6.07, 6.45) is 8.82. The van der Waals surface area contributed by atoms with Gasteiger partial charge in [-0.3, -0.25) is 4.79 Å². The molecule has 2 heterocycles. The van der Waals surface area contributed by atoms with Crippen LogP contribution in [0.3, 0.4) is 0 Å². The number of rotatable bonds is 8. The van der Waals surface area contributed by atoms with Crippen molar-refractivity contribution in [1.82, 2.24) is 19.7 Å². The molecular weight excluding hydrogens is 290 g/mol. The van der Waals surface area contributed by atoms with Gasteiger partial charge in [-0.2, -0.15) is 5.10 Å². The average molecular weight is 310 g/mol. The second kappa shape index (κ2) is 7.83. The van der Waals surface area contributed by atoms with E-state index in [2.05, 4.69) is 27.3 Å². The molecule has 0 fully saturated rings. The first-order chi connectivity index (χ1) is 10.2. The minimum Gasteiger partial charge on any atom is -0.382 e. The third kappa shape index (κ3) is 4.32. The van der Waals surface area contributed by atoms with Gasteiger partial charge in [0, 0.05) is 31.9 Å². The standard InChI is InChI=1S/C14H20ClN5O/c1-2-3-9-20-14(21)13(15)11(10-19-20)16-6-4-5-12-17-7-8-18-12/h7-8,10,16H,2-6,9H2,1H3,(H,17,18). The molecule has 21 heavy (non-hydrogen) atoms. The molecule has 0 amide bonds. The summed E-state index contributed by atoms with van der Waals surface area (Å²) in [5, 5.41) is 7.50. The van der Waals surface area contributed by atoms with Gasteiger partial charge in [0.25, 0.3) is 5.56 Å². The molecule has 0 aromatic carbocycles. The second-order valence-electron chi connectivity index (χ2n) is 4.82. The molecule has 0 aliphatic heterocycles. The zero-order valence-corrected chi connectivity index (χ0v) is 12.9. The first-order valence-electron chi connectivity index (χ1n) is 7.20. The van der Waals surface area contributed by atoms with E-state index < -0.39 is 0 Å². The van der Waals surface area contributed by atoms with Gasteiger partial charge in [0.15, 0.2) is 0 Å². The Morgan fingerprint density at radius 1 is 1.43 bits per heavy atom. The fraction of sp³-hybridized carbons (Fsp3) is 0.500. The van der Waals surface area contributed by atoms with Crippen LogP contribution in [0.2, 0.25) is 5.02 Å². The Hall–Kier alpha value is -1.82. The van der Waals surface area contributed by atoms with Gasteiger partial charge in [0.05, 0.1) is 11.9 Å². The van der Waals surface area contributed by atoms with Gasteiger partial charge in [-0.15, -0.1) is 0 Å². The van der Waals surface area contributed by atoms with E-state index in [1.807, 2.05) is 0 Å². The van der Waals surface area contributed by atoms with Crippen LogP contribution in [0.25, 0.3) is 0 Å². The summed E-state index contributed by atoms with van der Waals surface area (Å²) in [5.41, 5.74) is 0.356. The van der Waals surface area contributed by atoms with Crippen molar-refractivity contribution in [3.05, 3.63) is 39.8 Å². The van der Waals surface area contributed by atoms with E-state index in [0.717, 1.165) is 31.5 Å². The summed E-state index contributed by atoms with van der Waals surface area (Å²) in [6.45, 7) is 3.38. The number of H-pyrrole nitrogens is 1. The highest BCUT2D eigenvalue weighted by molar-refractivity contribution is 6.32. The maximum absolute atomic E-state index is 12.0. The summed E-state index contributed by atoms with van der Waals surface area (Å²) in [4.78, 5) is 19.2. The predicted molar refractivity (Wildman–Crippen MR) is 83.8 cm³/mol. The third-order valence-electron chi connectivity index (χ3n) is 3.17. The van der Waals surface area contributed by atoms with Crippen molar-refractivity contribution in [3.63, 3.8) is 0 Å². The fourth-order valence-corrected chi connectivity index (χ4v) is 2.18. The summed E-state index contributed by atoms with van der Waals surface area (Å²) >= 11 is 6.10. The van der Waals surface area contributed by atoms with Gasteiger partial charge in [0.2, 0.25) is 0 Å². The number of nitrogens with zero attached hydrogens (tertiary/aromatic N) is 3. The van der Waals surface area contributed by atoms with Crippen LogP contribution in [0.5, 0.6) is 0 Å². The molecule has 0 saturated heterocycles. The lowest BCUT2D eigenvalue weighted by molar-refractivity contribution is 0.543. The first kappa shape index (κ1) is 15.6. The van der Waals surface area contributed by atoms with Crippen molar-refractivity contribution in [2.75, 3.05) is 11.9 Å². The third-order valence-corrected chi connectivity index (χ3v) is 3.53. The van der Waals surface area contributed by atoms with Crippen LogP contribution in [0.4, 0.5) is 5.69 Å². The number of aryl methyl sites for hydroxylation is 2. The Morgan fingerprint density at radius 3 is 3.00 bits per heavy atom. The fourth-order valence-electron chi connectivity index (χ4n) is 1.97. The number of nitrogens with one attached hydrogen (secondary N) is 2. The number of unbranched alkanes of at least 4 members (excludes halogenated alkanes) is 1. The number of aromatic amines is 1. The molecule has 2 aromatic rings. The number of anilines is 1. The van der Waals surface area contributed by atoms with Crippen molar-refractivity contribution >= 4 is 17.3 Å². The van der Waals surface area contributed by atoms with Gasteiger partial charge >= 0.3 is 0 Å². The maximum atomic E-state index is 12.0. The number of imidazole rings is 1. The van der Waals surface area contributed by atoms with Crippen LogP contribution in [-0.2, 0) is 13.0 Å². The van der Waals surface area contributed by atoms with E-state index in [1.165, 1.54) is 4.68 Å². The smallest absolute Gasteiger partial charge is 0.287 e. The Bertz CT molecular complexity index is 608. The number of aromatic nitrogens is 4. The maximum Gasteiger partial charge on any atom is 0.287 e. The predicted octanol–water partition coefficient (Wildman–Crippen LogP) is 2.46. The van der Waals surface area contributed by atoms with Crippen molar-refractivity contribution in [2.45, 2.75) is 39.2 Å².